The molecule has 0 radical (unpaired) electrons. The van der Waals surface area contributed by atoms with Gasteiger partial charge in [-0.3, -0.25) is 28.8 Å². The Morgan fingerprint density at radius 1 is 1.08 bits per heavy atom. The fraction of sp³-hybridized carbons (Fsp3) is 0.259. The van der Waals surface area contributed by atoms with Gasteiger partial charge in [0.05, 0.1) is 15.9 Å². The van der Waals surface area contributed by atoms with E-state index in [-0.39, 0.29) is 27.3 Å². The van der Waals surface area contributed by atoms with Gasteiger partial charge in [-0.2, -0.15) is 0 Å². The second-order valence-corrected chi connectivity index (χ2v) is 11.3. The Bertz CT molecular complexity index is 1360. The molecule has 200 valence electrons. The molecule has 38 heavy (non-hydrogen) atoms. The largest absolute Gasteiger partial charge is 0.369 e. The molecule has 0 saturated carbocycles. The topological polar surface area (TPSA) is 136 Å². The number of hydrogen-bond donors (Lipinski definition) is 3. The molecule has 1 unspecified atom stereocenters. The van der Waals surface area contributed by atoms with Gasteiger partial charge in [-0.15, -0.1) is 10.6 Å². The number of hydrogen-bond acceptors (Lipinski definition) is 7. The first kappa shape index (κ1) is 27.1. The van der Waals surface area contributed by atoms with Crippen LogP contribution in [0.15, 0.2) is 76.5 Å². The molecule has 0 aromatic heterocycles. The highest BCUT2D eigenvalue weighted by atomic mass is 32.3. The molecule has 2 amide bonds. The second kappa shape index (κ2) is 10.8. The zero-order valence-corrected chi connectivity index (χ0v) is 22.1. The molecule has 0 bridgehead atoms. The van der Waals surface area contributed by atoms with Crippen molar-refractivity contribution in [3.63, 3.8) is 0 Å². The number of aryl methyl sites for hydroxylation is 1. The van der Waals surface area contributed by atoms with Crippen LogP contribution in [0.5, 0.6) is 0 Å². The van der Waals surface area contributed by atoms with Gasteiger partial charge in [-0.25, -0.2) is 0 Å². The van der Waals surface area contributed by atoms with Crippen molar-refractivity contribution in [2.75, 3.05) is 30.4 Å². The zero-order chi connectivity index (χ0) is 27.6. The average Bonchev–Trinajstić information content (AvgIpc) is 3.38. The average molecular weight is 539 g/mol. The highest BCUT2D eigenvalue weighted by molar-refractivity contribution is 8.24. The first-order valence-electron chi connectivity index (χ1n) is 12.0. The van der Waals surface area contributed by atoms with Crippen molar-refractivity contribution in [1.82, 2.24) is 4.90 Å². The number of carbonyl (C=O) groups is 2. The summed E-state index contributed by atoms with van der Waals surface area (Å²) in [7, 11) is -1.86. The lowest BCUT2D eigenvalue weighted by Gasteiger charge is -2.32. The molecule has 3 aromatic carbocycles. The minimum Gasteiger partial charge on any atom is -0.369 e. The molecule has 0 spiro atoms. The van der Waals surface area contributed by atoms with Crippen LogP contribution in [-0.4, -0.2) is 56.9 Å². The molecule has 1 aliphatic rings. The Balaban J connectivity index is 1.49. The van der Waals surface area contributed by atoms with Crippen LogP contribution < -0.4 is 10.2 Å². The number of nitrogens with one attached hydrogen (secondary N) is 1. The Hall–Kier alpha value is -3.93. The third-order valence-electron chi connectivity index (χ3n) is 6.77. The molecule has 10 nitrogen and oxygen atoms in total. The summed E-state index contributed by atoms with van der Waals surface area (Å²) in [5, 5.41) is 14.5. The molecular formula is C27H30N4O6S. The Morgan fingerprint density at radius 2 is 1.74 bits per heavy atom. The van der Waals surface area contributed by atoms with E-state index in [1.54, 1.807) is 43.1 Å². The van der Waals surface area contributed by atoms with Gasteiger partial charge in [0.1, 0.15) is 4.90 Å². The Labute approximate surface area is 222 Å². The number of likely N-dealkylation sites (N-methyl/N-ethyl adjacent to an activating group) is 1. The summed E-state index contributed by atoms with van der Waals surface area (Å²) in [6.07, 6.45) is 0.873. The minimum absolute atomic E-state index is 0.0123. The van der Waals surface area contributed by atoms with Crippen LogP contribution in [0.2, 0.25) is 0 Å². The molecule has 1 aliphatic heterocycles. The van der Waals surface area contributed by atoms with Crippen molar-refractivity contribution in [3.05, 3.63) is 88.0 Å². The van der Waals surface area contributed by atoms with E-state index in [1.165, 1.54) is 24.3 Å². The molecule has 0 aliphatic carbocycles. The highest BCUT2D eigenvalue weighted by Crippen LogP contribution is 2.58. The quantitative estimate of drug-likeness (QED) is 0.271. The predicted molar refractivity (Wildman–Crippen MR) is 147 cm³/mol. The fourth-order valence-electron chi connectivity index (χ4n) is 4.41. The number of nitro benzene ring substituents is 1. The molecule has 1 saturated heterocycles. The van der Waals surface area contributed by atoms with Crippen molar-refractivity contribution >= 4 is 39.5 Å². The number of anilines is 2. The smallest absolute Gasteiger partial charge is 0.293 e. The van der Waals surface area contributed by atoms with Gasteiger partial charge in [-0.1, -0.05) is 17.7 Å². The summed E-state index contributed by atoms with van der Waals surface area (Å²) < 4.78 is 21.7. The van der Waals surface area contributed by atoms with Gasteiger partial charge in [0.2, 0.25) is 5.91 Å². The van der Waals surface area contributed by atoms with Crippen LogP contribution in [0.25, 0.3) is 0 Å². The molecule has 3 aromatic rings. The molecule has 11 heteroatoms. The maximum absolute atomic E-state index is 12.9. The Morgan fingerprint density at radius 3 is 2.34 bits per heavy atom. The summed E-state index contributed by atoms with van der Waals surface area (Å²) in [6, 6.07) is 17.4. The summed E-state index contributed by atoms with van der Waals surface area (Å²) >= 11 is 0. The van der Waals surface area contributed by atoms with E-state index in [1.807, 2.05) is 19.1 Å². The van der Waals surface area contributed by atoms with Gasteiger partial charge in [0.25, 0.3) is 11.6 Å². The Kier molecular flexibility index (Phi) is 7.72. The van der Waals surface area contributed by atoms with Crippen molar-refractivity contribution in [2.45, 2.75) is 36.1 Å². The van der Waals surface area contributed by atoms with Crippen molar-refractivity contribution in [2.24, 2.45) is 0 Å². The van der Waals surface area contributed by atoms with E-state index in [2.05, 4.69) is 10.2 Å². The standard InChI is InChI=1S/C27H30N4O6S/c1-18-4-11-24(12-5-18)38(36,37)26-13-6-20(16-25(26)31(34)35)27(33)28-21-7-9-22(10-8-21)30-15-14-23(17-30)29(3)19(2)32/h4-13,16,23,36-37H,14-15,17H2,1-3H3,(H,28,33). The van der Waals surface area contributed by atoms with Crippen LogP contribution >= 0.6 is 10.6 Å². The predicted octanol–water partition coefficient (Wildman–Crippen LogP) is 5.38. The number of carbonyl (C=O) groups excluding carboxylic acids is 2. The number of amides is 2. The fourth-order valence-corrected chi connectivity index (χ4v) is 5.86. The number of rotatable bonds is 7. The molecule has 4 rings (SSSR count). The van der Waals surface area contributed by atoms with E-state index in [0.29, 0.717) is 5.69 Å². The van der Waals surface area contributed by atoms with Crippen molar-refractivity contribution in [1.29, 1.82) is 0 Å². The molecular weight excluding hydrogens is 508 g/mol. The monoisotopic (exact) mass is 538 g/mol. The molecule has 1 atom stereocenters. The molecule has 1 fully saturated rings. The van der Waals surface area contributed by atoms with Crippen LogP contribution in [0.4, 0.5) is 17.1 Å². The second-order valence-electron chi connectivity index (χ2n) is 9.32. The third-order valence-corrected chi connectivity index (χ3v) is 8.66. The number of benzene rings is 3. The molecule has 1 heterocycles. The zero-order valence-electron chi connectivity index (χ0n) is 21.3. The minimum atomic E-state index is -3.66. The first-order chi connectivity index (χ1) is 18.0. The lowest BCUT2D eigenvalue weighted by atomic mass is 10.1. The number of nitrogens with zero attached hydrogens (tertiary/aromatic N) is 3. The summed E-state index contributed by atoms with van der Waals surface area (Å²) in [6.45, 7) is 4.93. The van der Waals surface area contributed by atoms with Crippen LogP contribution in [-0.2, 0) is 4.79 Å². The summed E-state index contributed by atoms with van der Waals surface area (Å²) in [5.74, 6) is -0.535. The maximum Gasteiger partial charge on any atom is 0.293 e. The van der Waals surface area contributed by atoms with E-state index in [0.717, 1.165) is 36.8 Å². The van der Waals surface area contributed by atoms with Crippen molar-refractivity contribution in [3.8, 4) is 0 Å². The van der Waals surface area contributed by atoms with Crippen LogP contribution in [0, 0.1) is 17.0 Å². The van der Waals surface area contributed by atoms with Gasteiger partial charge in [0, 0.05) is 50.1 Å². The lowest BCUT2D eigenvalue weighted by Crippen LogP contribution is -2.37. The van der Waals surface area contributed by atoms with E-state index >= 15 is 0 Å². The van der Waals surface area contributed by atoms with Crippen LogP contribution in [0.1, 0.15) is 29.3 Å². The highest BCUT2D eigenvalue weighted by Gasteiger charge is 2.30. The SMILES string of the molecule is CC(=O)N(C)C1CCN(c2ccc(NC(=O)c3ccc(S(O)(O)c4ccc(C)cc4)c([N+](=O)[O-])c3)cc2)C1. The van der Waals surface area contributed by atoms with Crippen LogP contribution in [0.3, 0.4) is 0 Å². The third kappa shape index (κ3) is 5.64. The normalized spacial score (nSPS) is 15.7. The van der Waals surface area contributed by atoms with Gasteiger partial charge in [0.15, 0.2) is 0 Å². The van der Waals surface area contributed by atoms with E-state index in [9.17, 15) is 28.8 Å². The van der Waals surface area contributed by atoms with Gasteiger partial charge >= 0.3 is 0 Å². The van der Waals surface area contributed by atoms with E-state index < -0.39 is 27.1 Å². The first-order valence-corrected chi connectivity index (χ1v) is 13.5. The van der Waals surface area contributed by atoms with E-state index in [4.69, 9.17) is 0 Å². The van der Waals surface area contributed by atoms with Gasteiger partial charge in [-0.05, 0) is 61.9 Å². The van der Waals surface area contributed by atoms with Crippen molar-refractivity contribution < 1.29 is 23.6 Å². The summed E-state index contributed by atoms with van der Waals surface area (Å²) in [5.41, 5.74) is 1.84. The summed E-state index contributed by atoms with van der Waals surface area (Å²) in [4.78, 5) is 39.4. The lowest BCUT2D eigenvalue weighted by molar-refractivity contribution is -0.387. The van der Waals surface area contributed by atoms with Gasteiger partial charge < -0.3 is 15.1 Å². The molecule has 3 N–H and O–H groups in total. The number of nitro groups is 1. The maximum atomic E-state index is 12.9.